The van der Waals surface area contributed by atoms with E-state index in [-0.39, 0.29) is 6.04 Å². The summed E-state index contributed by atoms with van der Waals surface area (Å²) in [5.41, 5.74) is 5.68. The quantitative estimate of drug-likeness (QED) is 0.607. The molecule has 7 heteroatoms. The molecule has 0 aromatic carbocycles. The second-order valence-electron chi connectivity index (χ2n) is 4.36. The lowest BCUT2D eigenvalue weighted by molar-refractivity contribution is 0.399. The van der Waals surface area contributed by atoms with Crippen LogP contribution in [0.5, 0.6) is 5.75 Å². The summed E-state index contributed by atoms with van der Waals surface area (Å²) in [6.07, 6.45) is 3.65. The van der Waals surface area contributed by atoms with Crippen molar-refractivity contribution in [3.8, 4) is 5.75 Å². The zero-order valence-electron chi connectivity index (χ0n) is 11.7. The summed E-state index contributed by atoms with van der Waals surface area (Å²) in [4.78, 5) is 0. The Kier molecular flexibility index (Phi) is 3.87. The molecule has 0 radical (unpaired) electrons. The van der Waals surface area contributed by atoms with Gasteiger partial charge in [-0.2, -0.15) is 10.2 Å². The second-order valence-corrected chi connectivity index (χ2v) is 4.36. The van der Waals surface area contributed by atoms with Crippen molar-refractivity contribution in [2.45, 2.75) is 26.4 Å². The maximum atomic E-state index is 5.74. The molecule has 19 heavy (non-hydrogen) atoms. The van der Waals surface area contributed by atoms with Crippen LogP contribution in [0.4, 0.5) is 0 Å². The molecule has 0 aliphatic heterocycles. The largest absolute Gasteiger partial charge is 0.493 e. The molecule has 0 spiro atoms. The zero-order valence-corrected chi connectivity index (χ0v) is 11.7. The van der Waals surface area contributed by atoms with Crippen LogP contribution >= 0.6 is 0 Å². The highest BCUT2D eigenvalue weighted by Crippen LogP contribution is 2.30. The maximum Gasteiger partial charge on any atom is 0.161 e. The molecular weight excluding hydrogens is 244 g/mol. The molecule has 0 amide bonds. The van der Waals surface area contributed by atoms with Gasteiger partial charge in [0, 0.05) is 25.4 Å². The minimum absolute atomic E-state index is 0.203. The third-order valence-electron chi connectivity index (χ3n) is 3.17. The van der Waals surface area contributed by atoms with Crippen LogP contribution in [0.1, 0.15) is 29.9 Å². The van der Waals surface area contributed by atoms with Gasteiger partial charge in [-0.3, -0.25) is 15.2 Å². The first kappa shape index (κ1) is 13.6. The van der Waals surface area contributed by atoms with Crippen LogP contribution < -0.4 is 16.0 Å². The van der Waals surface area contributed by atoms with E-state index in [9.17, 15) is 0 Å². The molecule has 104 valence electrons. The number of nitrogens with two attached hydrogens (primary N) is 1. The number of hydrogen-bond donors (Lipinski definition) is 2. The monoisotopic (exact) mass is 264 g/mol. The molecule has 0 bridgehead atoms. The van der Waals surface area contributed by atoms with Crippen LogP contribution in [0, 0.1) is 6.92 Å². The summed E-state index contributed by atoms with van der Waals surface area (Å²) in [6, 6.07) is -0.203. The van der Waals surface area contributed by atoms with Crippen LogP contribution in [0.3, 0.4) is 0 Å². The van der Waals surface area contributed by atoms with E-state index in [1.54, 1.807) is 18.0 Å². The summed E-state index contributed by atoms with van der Waals surface area (Å²) in [5.74, 6) is 6.45. The number of nitrogens with zero attached hydrogens (tertiary/aromatic N) is 4. The van der Waals surface area contributed by atoms with Crippen molar-refractivity contribution < 1.29 is 4.74 Å². The van der Waals surface area contributed by atoms with Gasteiger partial charge >= 0.3 is 0 Å². The second kappa shape index (κ2) is 5.41. The predicted octanol–water partition coefficient (Wildman–Crippen LogP) is 0.506. The van der Waals surface area contributed by atoms with E-state index in [4.69, 9.17) is 10.6 Å². The van der Waals surface area contributed by atoms with Crippen LogP contribution in [-0.4, -0.2) is 26.7 Å². The van der Waals surface area contributed by atoms with Crippen LogP contribution in [0.15, 0.2) is 12.4 Å². The van der Waals surface area contributed by atoms with E-state index in [2.05, 4.69) is 15.6 Å². The molecule has 3 N–H and O–H groups in total. The minimum atomic E-state index is -0.203. The molecule has 1 atom stereocenters. The van der Waals surface area contributed by atoms with E-state index >= 15 is 0 Å². The Morgan fingerprint density at radius 3 is 2.74 bits per heavy atom. The predicted molar refractivity (Wildman–Crippen MR) is 71.6 cm³/mol. The first-order valence-electron chi connectivity index (χ1n) is 6.18. The summed E-state index contributed by atoms with van der Waals surface area (Å²) in [7, 11) is 3.52. The van der Waals surface area contributed by atoms with Gasteiger partial charge in [-0.15, -0.1) is 0 Å². The van der Waals surface area contributed by atoms with Gasteiger partial charge < -0.3 is 4.74 Å². The molecule has 0 saturated heterocycles. The van der Waals surface area contributed by atoms with Crippen molar-refractivity contribution in [1.29, 1.82) is 0 Å². The molecule has 2 heterocycles. The lowest BCUT2D eigenvalue weighted by Crippen LogP contribution is -2.31. The molecule has 2 rings (SSSR count). The zero-order chi connectivity index (χ0) is 14.0. The summed E-state index contributed by atoms with van der Waals surface area (Å²) in [6.45, 7) is 4.73. The van der Waals surface area contributed by atoms with Crippen molar-refractivity contribution >= 4 is 0 Å². The maximum absolute atomic E-state index is 5.74. The first-order valence-corrected chi connectivity index (χ1v) is 6.18. The van der Waals surface area contributed by atoms with Crippen molar-refractivity contribution in [3.63, 3.8) is 0 Å². The average molecular weight is 264 g/mol. The Morgan fingerprint density at radius 2 is 2.26 bits per heavy atom. The van der Waals surface area contributed by atoms with Gasteiger partial charge in [0.25, 0.3) is 0 Å². The molecule has 0 saturated carbocycles. The molecule has 0 aliphatic carbocycles. The summed E-state index contributed by atoms with van der Waals surface area (Å²) >= 11 is 0. The molecule has 2 aromatic heterocycles. The smallest absolute Gasteiger partial charge is 0.161 e. The number of aryl methyl sites for hydroxylation is 3. The Labute approximate surface area is 112 Å². The number of hydrogen-bond acceptors (Lipinski definition) is 5. The Bertz CT molecular complexity index is 537. The lowest BCUT2D eigenvalue weighted by Gasteiger charge is -2.18. The fraction of sp³-hybridized carbons (Fsp3) is 0.500. The van der Waals surface area contributed by atoms with Crippen LogP contribution in [-0.2, 0) is 13.6 Å². The third kappa shape index (κ3) is 2.34. The molecule has 0 aliphatic rings. The molecule has 1 unspecified atom stereocenters. The fourth-order valence-corrected chi connectivity index (χ4v) is 2.30. The number of rotatable bonds is 5. The van der Waals surface area contributed by atoms with Gasteiger partial charge in [0.2, 0.25) is 0 Å². The number of nitrogens with one attached hydrogen (secondary N) is 1. The van der Waals surface area contributed by atoms with Gasteiger partial charge in [0.1, 0.15) is 5.69 Å². The molecule has 0 fully saturated rings. The normalized spacial score (nSPS) is 12.7. The van der Waals surface area contributed by atoms with Crippen molar-refractivity contribution in [2.24, 2.45) is 12.9 Å². The standard InChI is InChI=1S/C12H20N6O/c1-5-18-12(10(19-4)6-14-18)11(15-13)9-7-17(3)16-8(9)2/h6-7,11,15H,5,13H2,1-4H3. The van der Waals surface area contributed by atoms with E-state index < -0.39 is 0 Å². The molecule has 7 nitrogen and oxygen atoms in total. The SMILES string of the molecule is CCn1ncc(OC)c1C(NN)c1cn(C)nc1C. The highest BCUT2D eigenvalue weighted by molar-refractivity contribution is 5.37. The molecule has 2 aromatic rings. The summed E-state index contributed by atoms with van der Waals surface area (Å²) < 4.78 is 9.02. The fourth-order valence-electron chi connectivity index (χ4n) is 2.30. The van der Waals surface area contributed by atoms with Gasteiger partial charge in [-0.05, 0) is 13.8 Å². The van der Waals surface area contributed by atoms with Crippen molar-refractivity contribution in [2.75, 3.05) is 7.11 Å². The topological polar surface area (TPSA) is 82.9 Å². The van der Waals surface area contributed by atoms with Crippen molar-refractivity contribution in [3.05, 3.63) is 29.3 Å². The van der Waals surface area contributed by atoms with Gasteiger partial charge in [0.15, 0.2) is 5.75 Å². The van der Waals surface area contributed by atoms with Crippen molar-refractivity contribution in [1.82, 2.24) is 25.0 Å². The van der Waals surface area contributed by atoms with Crippen LogP contribution in [0.25, 0.3) is 0 Å². The number of methoxy groups -OCH3 is 1. The first-order chi connectivity index (χ1) is 9.12. The highest BCUT2D eigenvalue weighted by Gasteiger charge is 2.25. The van der Waals surface area contributed by atoms with E-state index in [0.717, 1.165) is 23.5 Å². The minimum Gasteiger partial charge on any atom is -0.493 e. The lowest BCUT2D eigenvalue weighted by atomic mass is 10.0. The van der Waals surface area contributed by atoms with Crippen LogP contribution in [0.2, 0.25) is 0 Å². The highest BCUT2D eigenvalue weighted by atomic mass is 16.5. The Balaban J connectivity index is 2.53. The van der Waals surface area contributed by atoms with E-state index in [1.807, 2.05) is 31.8 Å². The Morgan fingerprint density at radius 1 is 1.53 bits per heavy atom. The van der Waals surface area contributed by atoms with Gasteiger partial charge in [-0.1, -0.05) is 0 Å². The number of aromatic nitrogens is 4. The van der Waals surface area contributed by atoms with E-state index in [1.165, 1.54) is 0 Å². The average Bonchev–Trinajstić information content (AvgIpc) is 2.94. The number of ether oxygens (including phenoxy) is 1. The molecular formula is C12H20N6O. The number of hydrazine groups is 1. The van der Waals surface area contributed by atoms with Gasteiger partial charge in [0.05, 0.1) is 25.0 Å². The van der Waals surface area contributed by atoms with E-state index in [0.29, 0.717) is 5.75 Å². The summed E-state index contributed by atoms with van der Waals surface area (Å²) in [5, 5.41) is 8.66. The third-order valence-corrected chi connectivity index (χ3v) is 3.17. The Hall–Kier alpha value is -1.86. The van der Waals surface area contributed by atoms with Gasteiger partial charge in [-0.25, -0.2) is 5.43 Å².